The molecule has 0 radical (unpaired) electrons. The van der Waals surface area contributed by atoms with Gasteiger partial charge in [-0.1, -0.05) is 23.7 Å². The highest BCUT2D eigenvalue weighted by molar-refractivity contribution is 6.30. The van der Waals surface area contributed by atoms with Gasteiger partial charge >= 0.3 is 0 Å². The molecule has 0 unspecified atom stereocenters. The molecule has 0 aliphatic rings. The fourth-order valence-electron chi connectivity index (χ4n) is 1.57. The number of hydrogen-bond acceptors (Lipinski definition) is 4. The number of nitrogens with one attached hydrogen (secondary N) is 2. The number of carbonyl (C=O) groups is 2. The summed E-state index contributed by atoms with van der Waals surface area (Å²) in [6.45, 7) is -0.173. The zero-order valence-corrected chi connectivity index (χ0v) is 12.2. The maximum atomic E-state index is 11.7. The summed E-state index contributed by atoms with van der Waals surface area (Å²) in [4.78, 5) is 27.1. The third-order valence-electron chi connectivity index (χ3n) is 2.60. The number of amides is 2. The topological polar surface area (TPSA) is 83.5 Å². The Bertz CT molecular complexity index is 689. The summed E-state index contributed by atoms with van der Waals surface area (Å²) in [5.41, 5.74) is 3.51. The van der Waals surface area contributed by atoms with Gasteiger partial charge in [-0.2, -0.15) is 5.10 Å². The Labute approximate surface area is 132 Å². The number of hydrogen-bond donors (Lipinski definition) is 2. The molecule has 2 rings (SSSR count). The molecule has 1 aromatic carbocycles. The SMILES string of the molecule is O=C(CNC(=O)c1ccncc1)NN=Cc1cccc(Cl)c1. The smallest absolute Gasteiger partial charge is 0.259 e. The second kappa shape index (κ2) is 7.90. The fourth-order valence-corrected chi connectivity index (χ4v) is 1.77. The number of carbonyl (C=O) groups excluding carboxylic acids is 2. The molecule has 7 heteroatoms. The van der Waals surface area contributed by atoms with E-state index >= 15 is 0 Å². The number of hydrazone groups is 1. The first kappa shape index (κ1) is 15.7. The van der Waals surface area contributed by atoms with E-state index in [1.54, 1.807) is 36.4 Å². The lowest BCUT2D eigenvalue weighted by molar-refractivity contribution is -0.120. The Kier molecular flexibility index (Phi) is 5.62. The standard InChI is InChI=1S/C15H13ClN4O2/c16-13-3-1-2-11(8-13)9-19-20-14(21)10-18-15(22)12-4-6-17-7-5-12/h1-9H,10H2,(H,18,22)(H,20,21). The maximum absolute atomic E-state index is 11.7. The Morgan fingerprint density at radius 2 is 2.00 bits per heavy atom. The minimum Gasteiger partial charge on any atom is -0.343 e. The highest BCUT2D eigenvalue weighted by Crippen LogP contribution is 2.08. The van der Waals surface area contributed by atoms with Gasteiger partial charge in [-0.3, -0.25) is 14.6 Å². The Morgan fingerprint density at radius 3 is 2.73 bits per heavy atom. The van der Waals surface area contributed by atoms with E-state index in [4.69, 9.17) is 11.6 Å². The predicted molar refractivity (Wildman–Crippen MR) is 83.8 cm³/mol. The molecule has 2 amide bonds. The van der Waals surface area contributed by atoms with Crippen LogP contribution in [0.4, 0.5) is 0 Å². The number of nitrogens with zero attached hydrogens (tertiary/aromatic N) is 2. The molecule has 0 atom stereocenters. The lowest BCUT2D eigenvalue weighted by Gasteiger charge is -2.03. The lowest BCUT2D eigenvalue weighted by atomic mass is 10.2. The average Bonchev–Trinajstić information content (AvgIpc) is 2.53. The minimum absolute atomic E-state index is 0.173. The van der Waals surface area contributed by atoms with Crippen molar-refractivity contribution in [3.8, 4) is 0 Å². The van der Waals surface area contributed by atoms with Crippen LogP contribution in [-0.2, 0) is 4.79 Å². The summed E-state index contributed by atoms with van der Waals surface area (Å²) in [5.74, 6) is -0.781. The number of aromatic nitrogens is 1. The zero-order valence-electron chi connectivity index (χ0n) is 11.5. The van der Waals surface area contributed by atoms with Crippen molar-refractivity contribution < 1.29 is 9.59 Å². The van der Waals surface area contributed by atoms with Crippen molar-refractivity contribution in [1.82, 2.24) is 15.7 Å². The predicted octanol–water partition coefficient (Wildman–Crippen LogP) is 1.62. The van der Waals surface area contributed by atoms with Gasteiger partial charge in [0.2, 0.25) is 0 Å². The van der Waals surface area contributed by atoms with Gasteiger partial charge in [0.25, 0.3) is 11.8 Å². The van der Waals surface area contributed by atoms with Crippen molar-refractivity contribution in [2.75, 3.05) is 6.54 Å². The van der Waals surface area contributed by atoms with Crippen LogP contribution in [0.25, 0.3) is 0 Å². The molecule has 0 bridgehead atoms. The summed E-state index contributed by atoms with van der Waals surface area (Å²) in [5, 5.41) is 6.85. The highest BCUT2D eigenvalue weighted by atomic mass is 35.5. The molecule has 22 heavy (non-hydrogen) atoms. The van der Waals surface area contributed by atoms with E-state index in [9.17, 15) is 9.59 Å². The molecule has 0 aliphatic heterocycles. The number of halogens is 1. The van der Waals surface area contributed by atoms with Gasteiger partial charge in [0.15, 0.2) is 0 Å². The van der Waals surface area contributed by atoms with Gasteiger partial charge in [-0.05, 0) is 29.8 Å². The second-order valence-corrected chi connectivity index (χ2v) is 4.70. The van der Waals surface area contributed by atoms with Gasteiger partial charge in [-0.25, -0.2) is 5.43 Å². The molecule has 1 heterocycles. The Balaban J connectivity index is 1.77. The van der Waals surface area contributed by atoms with Crippen LogP contribution in [0, 0.1) is 0 Å². The quantitative estimate of drug-likeness (QED) is 0.649. The van der Waals surface area contributed by atoms with E-state index < -0.39 is 5.91 Å². The zero-order chi connectivity index (χ0) is 15.8. The van der Waals surface area contributed by atoms with E-state index in [2.05, 4.69) is 20.8 Å². The molecular weight excluding hydrogens is 304 g/mol. The first-order valence-corrected chi connectivity index (χ1v) is 6.78. The van der Waals surface area contributed by atoms with Gasteiger partial charge in [0, 0.05) is 23.0 Å². The molecule has 112 valence electrons. The van der Waals surface area contributed by atoms with E-state index in [0.29, 0.717) is 10.6 Å². The second-order valence-electron chi connectivity index (χ2n) is 4.27. The largest absolute Gasteiger partial charge is 0.343 e. The van der Waals surface area contributed by atoms with Crippen LogP contribution in [0.3, 0.4) is 0 Å². The number of pyridine rings is 1. The summed E-state index contributed by atoms with van der Waals surface area (Å²) in [6.07, 6.45) is 4.48. The van der Waals surface area contributed by atoms with E-state index in [1.165, 1.54) is 18.6 Å². The number of rotatable bonds is 5. The maximum Gasteiger partial charge on any atom is 0.259 e. The Morgan fingerprint density at radius 1 is 1.23 bits per heavy atom. The van der Waals surface area contributed by atoms with E-state index in [0.717, 1.165) is 5.56 Å². The van der Waals surface area contributed by atoms with Gasteiger partial charge in [0.1, 0.15) is 0 Å². The molecule has 6 nitrogen and oxygen atoms in total. The summed E-state index contributed by atoms with van der Waals surface area (Å²) >= 11 is 5.83. The van der Waals surface area contributed by atoms with Gasteiger partial charge < -0.3 is 5.32 Å². The van der Waals surface area contributed by atoms with Crippen molar-refractivity contribution >= 4 is 29.6 Å². The minimum atomic E-state index is -0.430. The normalized spacial score (nSPS) is 10.4. The molecule has 0 saturated carbocycles. The molecule has 1 aromatic heterocycles. The van der Waals surface area contributed by atoms with Crippen molar-refractivity contribution in [1.29, 1.82) is 0 Å². The van der Waals surface area contributed by atoms with Crippen LogP contribution < -0.4 is 10.7 Å². The van der Waals surface area contributed by atoms with Gasteiger partial charge in [-0.15, -0.1) is 0 Å². The third kappa shape index (κ3) is 4.99. The molecular formula is C15H13ClN4O2. The molecule has 2 N–H and O–H groups in total. The third-order valence-corrected chi connectivity index (χ3v) is 2.84. The summed E-state index contributed by atoms with van der Waals surface area (Å²) in [6, 6.07) is 10.1. The van der Waals surface area contributed by atoms with Crippen molar-refractivity contribution in [2.24, 2.45) is 5.10 Å². The van der Waals surface area contributed by atoms with Crippen LogP contribution in [0.15, 0.2) is 53.9 Å². The van der Waals surface area contributed by atoms with E-state index in [1.807, 2.05) is 0 Å². The van der Waals surface area contributed by atoms with Crippen LogP contribution >= 0.6 is 11.6 Å². The highest BCUT2D eigenvalue weighted by Gasteiger charge is 2.06. The van der Waals surface area contributed by atoms with Crippen LogP contribution in [0.1, 0.15) is 15.9 Å². The average molecular weight is 317 g/mol. The number of benzene rings is 1. The van der Waals surface area contributed by atoms with Crippen molar-refractivity contribution in [2.45, 2.75) is 0 Å². The van der Waals surface area contributed by atoms with Crippen LogP contribution in [0.5, 0.6) is 0 Å². The summed E-state index contributed by atoms with van der Waals surface area (Å²) < 4.78 is 0. The van der Waals surface area contributed by atoms with Crippen molar-refractivity contribution in [3.05, 3.63) is 64.9 Å². The first-order valence-electron chi connectivity index (χ1n) is 6.41. The van der Waals surface area contributed by atoms with Crippen LogP contribution in [-0.4, -0.2) is 29.6 Å². The first-order chi connectivity index (χ1) is 10.6. The molecule has 0 fully saturated rings. The van der Waals surface area contributed by atoms with Crippen molar-refractivity contribution in [3.63, 3.8) is 0 Å². The Hall–Kier alpha value is -2.73. The van der Waals surface area contributed by atoms with Gasteiger partial charge in [0.05, 0.1) is 12.8 Å². The molecule has 0 spiro atoms. The van der Waals surface area contributed by atoms with Crippen LogP contribution in [0.2, 0.25) is 5.02 Å². The van der Waals surface area contributed by atoms with E-state index in [-0.39, 0.29) is 12.5 Å². The summed E-state index contributed by atoms with van der Waals surface area (Å²) in [7, 11) is 0. The molecule has 0 saturated heterocycles. The lowest BCUT2D eigenvalue weighted by Crippen LogP contribution is -2.34. The fraction of sp³-hybridized carbons (Fsp3) is 0.0667. The molecule has 0 aliphatic carbocycles. The molecule has 2 aromatic rings. The monoisotopic (exact) mass is 316 g/mol.